The van der Waals surface area contributed by atoms with Gasteiger partial charge in [-0.3, -0.25) is 0 Å². The van der Waals surface area contributed by atoms with Crippen molar-refractivity contribution in [1.29, 1.82) is 0 Å². The molecule has 88 valence electrons. The number of methoxy groups -OCH3 is 1. The minimum Gasteiger partial charge on any atom is -0.496 e. The van der Waals surface area contributed by atoms with E-state index in [0.717, 1.165) is 5.75 Å². The van der Waals surface area contributed by atoms with Crippen molar-refractivity contribution < 1.29 is 4.74 Å². The van der Waals surface area contributed by atoms with Gasteiger partial charge in [-0.2, -0.15) is 0 Å². The zero-order valence-corrected chi connectivity index (χ0v) is 10.3. The van der Waals surface area contributed by atoms with Crippen LogP contribution in [0.4, 0.5) is 0 Å². The van der Waals surface area contributed by atoms with E-state index in [-0.39, 0.29) is 5.54 Å². The van der Waals surface area contributed by atoms with Gasteiger partial charge in [0.2, 0.25) is 0 Å². The molecule has 2 nitrogen and oxygen atoms in total. The molecule has 1 N–H and O–H groups in total. The predicted molar refractivity (Wildman–Crippen MR) is 70.5 cm³/mol. The van der Waals surface area contributed by atoms with Crippen LogP contribution in [0.5, 0.6) is 5.75 Å². The molecule has 1 aliphatic carbocycles. The van der Waals surface area contributed by atoms with Gasteiger partial charge >= 0.3 is 0 Å². The fourth-order valence-corrected chi connectivity index (χ4v) is 2.67. The van der Waals surface area contributed by atoms with E-state index in [9.17, 15) is 0 Å². The molecule has 1 fully saturated rings. The molecule has 0 spiro atoms. The Morgan fingerprint density at radius 2 is 1.88 bits per heavy atom. The van der Waals surface area contributed by atoms with Crippen molar-refractivity contribution in [3.05, 3.63) is 42.0 Å². The van der Waals surface area contributed by atoms with Crippen LogP contribution >= 0.6 is 0 Å². The Morgan fingerprint density at radius 1 is 1.12 bits per heavy atom. The molecule has 1 aliphatic rings. The maximum absolute atomic E-state index is 5.54. The molecule has 1 saturated carbocycles. The van der Waals surface area contributed by atoms with E-state index in [4.69, 9.17) is 4.74 Å². The molecule has 0 aliphatic heterocycles. The summed E-state index contributed by atoms with van der Waals surface area (Å²) in [4.78, 5) is 0. The van der Waals surface area contributed by atoms with E-state index in [1.165, 1.54) is 29.2 Å². The highest BCUT2D eigenvalue weighted by atomic mass is 16.5. The standard InChI is InChI=1S/C15H17NO/c1-16-15(9-10-15)14-12-6-4-3-5-11(12)7-8-13(14)17-2/h3-8,16H,9-10H2,1-2H3. The third-order valence-electron chi connectivity index (χ3n) is 3.82. The summed E-state index contributed by atoms with van der Waals surface area (Å²) in [5, 5.41) is 6.04. The van der Waals surface area contributed by atoms with E-state index < -0.39 is 0 Å². The van der Waals surface area contributed by atoms with Crippen molar-refractivity contribution >= 4 is 10.8 Å². The number of ether oxygens (including phenoxy) is 1. The van der Waals surface area contributed by atoms with E-state index >= 15 is 0 Å². The highest BCUT2D eigenvalue weighted by molar-refractivity contribution is 5.89. The summed E-state index contributed by atoms with van der Waals surface area (Å²) >= 11 is 0. The lowest BCUT2D eigenvalue weighted by Gasteiger charge is -2.20. The fraction of sp³-hybridized carbons (Fsp3) is 0.333. The Hall–Kier alpha value is -1.54. The molecule has 0 heterocycles. The lowest BCUT2D eigenvalue weighted by molar-refractivity contribution is 0.400. The molecule has 0 bridgehead atoms. The summed E-state index contributed by atoms with van der Waals surface area (Å²) in [6, 6.07) is 12.7. The fourth-order valence-electron chi connectivity index (χ4n) is 2.67. The smallest absolute Gasteiger partial charge is 0.124 e. The van der Waals surface area contributed by atoms with E-state index in [2.05, 4.69) is 41.7 Å². The third-order valence-corrected chi connectivity index (χ3v) is 3.82. The van der Waals surface area contributed by atoms with E-state index in [1.807, 2.05) is 7.05 Å². The molecule has 2 aromatic rings. The maximum Gasteiger partial charge on any atom is 0.124 e. The average Bonchev–Trinajstić information content (AvgIpc) is 3.18. The molecular formula is C15H17NO. The molecule has 2 heteroatoms. The molecule has 0 aromatic heterocycles. The second-order valence-corrected chi connectivity index (χ2v) is 4.70. The Labute approximate surface area is 102 Å². The lowest BCUT2D eigenvalue weighted by atomic mass is 9.96. The second kappa shape index (κ2) is 3.74. The van der Waals surface area contributed by atoms with Gasteiger partial charge in [-0.15, -0.1) is 0 Å². The summed E-state index contributed by atoms with van der Waals surface area (Å²) < 4.78 is 5.54. The zero-order valence-electron chi connectivity index (χ0n) is 10.3. The van der Waals surface area contributed by atoms with Gasteiger partial charge in [-0.25, -0.2) is 0 Å². The maximum atomic E-state index is 5.54. The van der Waals surface area contributed by atoms with Gasteiger partial charge in [0, 0.05) is 11.1 Å². The first-order valence-electron chi connectivity index (χ1n) is 6.06. The van der Waals surface area contributed by atoms with Gasteiger partial charge < -0.3 is 10.1 Å². The molecule has 0 amide bonds. The number of fused-ring (bicyclic) bond motifs is 1. The highest BCUT2D eigenvalue weighted by Gasteiger charge is 2.45. The summed E-state index contributed by atoms with van der Waals surface area (Å²) in [6.07, 6.45) is 2.38. The second-order valence-electron chi connectivity index (χ2n) is 4.70. The molecule has 3 rings (SSSR count). The first kappa shape index (κ1) is 10.6. The van der Waals surface area contributed by atoms with Crippen molar-refractivity contribution in [1.82, 2.24) is 5.32 Å². The van der Waals surface area contributed by atoms with Crippen LogP contribution in [-0.4, -0.2) is 14.2 Å². The first-order chi connectivity index (χ1) is 8.30. The number of nitrogens with one attached hydrogen (secondary N) is 1. The van der Waals surface area contributed by atoms with Crippen LogP contribution in [0.3, 0.4) is 0 Å². The number of rotatable bonds is 3. The van der Waals surface area contributed by atoms with Gasteiger partial charge in [0.15, 0.2) is 0 Å². The van der Waals surface area contributed by atoms with E-state index in [1.54, 1.807) is 7.11 Å². The van der Waals surface area contributed by atoms with Crippen LogP contribution in [0, 0.1) is 0 Å². The largest absolute Gasteiger partial charge is 0.496 e. The summed E-state index contributed by atoms with van der Waals surface area (Å²) in [5.41, 5.74) is 1.45. The Bertz CT molecular complexity index is 558. The van der Waals surface area contributed by atoms with Crippen molar-refractivity contribution in [2.45, 2.75) is 18.4 Å². The van der Waals surface area contributed by atoms with Crippen LogP contribution in [0.15, 0.2) is 36.4 Å². The lowest BCUT2D eigenvalue weighted by Crippen LogP contribution is -2.25. The van der Waals surface area contributed by atoms with Gasteiger partial charge in [0.1, 0.15) is 5.75 Å². The molecule has 0 radical (unpaired) electrons. The molecule has 2 aromatic carbocycles. The van der Waals surface area contributed by atoms with Crippen molar-refractivity contribution in [2.75, 3.05) is 14.2 Å². The zero-order chi connectivity index (χ0) is 11.9. The quantitative estimate of drug-likeness (QED) is 0.870. The van der Waals surface area contributed by atoms with Crippen LogP contribution in [0.1, 0.15) is 18.4 Å². The monoisotopic (exact) mass is 227 g/mol. The van der Waals surface area contributed by atoms with Gasteiger partial charge in [0.05, 0.1) is 7.11 Å². The number of hydrogen-bond donors (Lipinski definition) is 1. The van der Waals surface area contributed by atoms with Gasteiger partial charge in [-0.1, -0.05) is 30.3 Å². The van der Waals surface area contributed by atoms with Crippen molar-refractivity contribution in [3.8, 4) is 5.75 Å². The number of benzene rings is 2. The minimum absolute atomic E-state index is 0.131. The molecule has 0 atom stereocenters. The summed E-state index contributed by atoms with van der Waals surface area (Å²) in [7, 11) is 3.79. The molecular weight excluding hydrogens is 210 g/mol. The van der Waals surface area contributed by atoms with Gasteiger partial charge in [0.25, 0.3) is 0 Å². The normalized spacial score (nSPS) is 17.1. The SMILES string of the molecule is CNC1(c2c(OC)ccc3ccccc23)CC1. The number of hydrogen-bond acceptors (Lipinski definition) is 2. The van der Waals surface area contributed by atoms with Crippen molar-refractivity contribution in [3.63, 3.8) is 0 Å². The predicted octanol–water partition coefficient (Wildman–Crippen LogP) is 3.06. The van der Waals surface area contributed by atoms with Crippen LogP contribution in [0.2, 0.25) is 0 Å². The topological polar surface area (TPSA) is 21.3 Å². The van der Waals surface area contributed by atoms with Crippen LogP contribution in [-0.2, 0) is 5.54 Å². The third kappa shape index (κ3) is 1.52. The Balaban J connectivity index is 2.32. The Morgan fingerprint density at radius 3 is 2.53 bits per heavy atom. The Kier molecular flexibility index (Phi) is 2.33. The van der Waals surface area contributed by atoms with Gasteiger partial charge in [-0.05, 0) is 36.7 Å². The van der Waals surface area contributed by atoms with Crippen molar-refractivity contribution in [2.24, 2.45) is 0 Å². The highest BCUT2D eigenvalue weighted by Crippen LogP contribution is 2.51. The minimum atomic E-state index is 0.131. The average molecular weight is 227 g/mol. The van der Waals surface area contributed by atoms with Crippen LogP contribution < -0.4 is 10.1 Å². The first-order valence-corrected chi connectivity index (χ1v) is 6.06. The summed E-state index contributed by atoms with van der Waals surface area (Å²) in [5.74, 6) is 0.996. The van der Waals surface area contributed by atoms with Crippen LogP contribution in [0.25, 0.3) is 10.8 Å². The molecule has 0 unspecified atom stereocenters. The summed E-state index contributed by atoms with van der Waals surface area (Å²) in [6.45, 7) is 0. The molecule has 17 heavy (non-hydrogen) atoms. The van der Waals surface area contributed by atoms with E-state index in [0.29, 0.717) is 0 Å². The molecule has 0 saturated heterocycles.